The smallest absolute Gasteiger partial charge is 0.352 e. The Bertz CT molecular complexity index is 1440. The lowest BCUT2D eigenvalue weighted by molar-refractivity contribution is -0.767. The summed E-state index contributed by atoms with van der Waals surface area (Å²) in [6.07, 6.45) is 0.223. The molecule has 16 nitrogen and oxygen atoms in total. The summed E-state index contributed by atoms with van der Waals surface area (Å²) in [6, 6.07) is 0.477. The van der Waals surface area contributed by atoms with E-state index < -0.39 is 47.0 Å². The fourth-order valence-corrected chi connectivity index (χ4v) is 6.27. The van der Waals surface area contributed by atoms with Crippen LogP contribution < -0.4 is 21.5 Å². The van der Waals surface area contributed by atoms with Crippen molar-refractivity contribution in [3.05, 3.63) is 33.6 Å². The van der Waals surface area contributed by atoms with Gasteiger partial charge in [-0.2, -0.15) is 0 Å². The van der Waals surface area contributed by atoms with E-state index in [1.54, 1.807) is 21.6 Å². The molecule has 0 bridgehead atoms. The van der Waals surface area contributed by atoms with Crippen molar-refractivity contribution in [2.75, 3.05) is 23.8 Å². The number of carboxylic acids is 2. The maximum atomic E-state index is 13.2. The van der Waals surface area contributed by atoms with Crippen molar-refractivity contribution in [2.24, 2.45) is 5.16 Å². The highest BCUT2D eigenvalue weighted by Gasteiger charge is 2.55. The third-order valence-corrected chi connectivity index (χ3v) is 8.34. The number of halogens is 1. The van der Waals surface area contributed by atoms with Crippen molar-refractivity contribution >= 4 is 75.1 Å². The summed E-state index contributed by atoms with van der Waals surface area (Å²) in [6.45, 7) is 1.29. The minimum atomic E-state index is -1.42. The van der Waals surface area contributed by atoms with E-state index in [2.05, 4.69) is 15.5 Å². The van der Waals surface area contributed by atoms with E-state index in [0.717, 1.165) is 16.2 Å². The number of nitrogens with one attached hydrogen (secondary N) is 1. The highest BCUT2D eigenvalue weighted by atomic mass is 35.5. The number of nitrogen functional groups attached to an aromatic ring is 2. The van der Waals surface area contributed by atoms with E-state index in [1.165, 1.54) is 18.7 Å². The lowest BCUT2D eigenvalue weighted by Gasteiger charge is -2.49. The average Bonchev–Trinajstić information content (AvgIpc) is 3.42. The zero-order chi connectivity index (χ0) is 29.3. The molecule has 1 unspecified atom stereocenters. The molecule has 2 aromatic heterocycles. The summed E-state index contributed by atoms with van der Waals surface area (Å²) in [5.74, 6) is -3.72. The first-order chi connectivity index (χ1) is 18.9. The van der Waals surface area contributed by atoms with Crippen LogP contribution in [0.4, 0.5) is 10.9 Å². The fraction of sp³-hybridized carbons (Fsp3) is 0.381. The second-order valence-corrected chi connectivity index (χ2v) is 11.2. The minimum Gasteiger partial charge on any atom is -0.478 e. The Kier molecular flexibility index (Phi) is 8.52. The van der Waals surface area contributed by atoms with Crippen molar-refractivity contribution < 1.29 is 44.0 Å². The van der Waals surface area contributed by atoms with Gasteiger partial charge in [0.15, 0.2) is 29.4 Å². The number of thiazole rings is 1. The largest absolute Gasteiger partial charge is 0.478 e. The summed E-state index contributed by atoms with van der Waals surface area (Å²) < 4.78 is 3.20. The number of aliphatic hydroxyl groups excluding tert-OH is 1. The van der Waals surface area contributed by atoms with Gasteiger partial charge >= 0.3 is 11.9 Å². The SMILES string of the molecule is C[C@H](ON=C(C(=O)N[C@@H]1C(=O)N2C(C(=O)O)=C(C[n+]3ccc(N)n3CCO)CSC12)c1nc(N)sc1Cl)C(=O)O. The molecule has 1 saturated heterocycles. The molecule has 0 aromatic carbocycles. The van der Waals surface area contributed by atoms with E-state index in [1.807, 2.05) is 0 Å². The number of nitrogens with zero attached hydrogens (tertiary/aromatic N) is 5. The molecule has 0 aliphatic carbocycles. The average molecular weight is 616 g/mol. The van der Waals surface area contributed by atoms with E-state index in [-0.39, 0.29) is 46.3 Å². The van der Waals surface area contributed by atoms with Crippen LogP contribution in [0, 0.1) is 0 Å². The summed E-state index contributed by atoms with van der Waals surface area (Å²) in [7, 11) is 0. The Morgan fingerprint density at radius 1 is 1.38 bits per heavy atom. The van der Waals surface area contributed by atoms with Gasteiger partial charge in [0.05, 0.1) is 12.7 Å². The maximum Gasteiger partial charge on any atom is 0.352 e. The van der Waals surface area contributed by atoms with Crippen LogP contribution in [0.25, 0.3) is 0 Å². The molecule has 19 heteroatoms. The number of carboxylic acid groups (broad SMARTS) is 2. The molecule has 40 heavy (non-hydrogen) atoms. The number of hydrogen-bond donors (Lipinski definition) is 6. The number of aromatic nitrogens is 3. The van der Waals surface area contributed by atoms with Gasteiger partial charge in [-0.15, -0.1) is 21.1 Å². The Labute approximate surface area is 238 Å². The zero-order valence-electron chi connectivity index (χ0n) is 20.7. The maximum absolute atomic E-state index is 13.2. The van der Waals surface area contributed by atoms with Gasteiger partial charge in [0.1, 0.15) is 33.7 Å². The Hall–Kier alpha value is -3.87. The topological polar surface area (TPSA) is 240 Å². The standard InChI is InChI=1S/C21H23ClN8O8S2/c1-8(19(34)35)38-27-12(11-15(22)40-21(24)26-11)16(32)25-13-17(33)30-14(20(36)37)9(7-39-18(13)30)6-28-3-2-10(23)29(28)4-5-31/h2-3,8,13,18,23,31H,4-7H2,1H3,(H5,24,25,26,32,34,35,36,37)/p+1/t8-,13+,18?/m0/s1. The monoisotopic (exact) mass is 615 g/mol. The second-order valence-electron chi connectivity index (χ2n) is 8.50. The van der Waals surface area contributed by atoms with Crippen molar-refractivity contribution in [1.29, 1.82) is 0 Å². The van der Waals surface area contributed by atoms with Crippen LogP contribution in [0.15, 0.2) is 28.7 Å². The summed E-state index contributed by atoms with van der Waals surface area (Å²) in [5, 5.41) is 33.7. The first-order valence-electron chi connectivity index (χ1n) is 11.5. The van der Waals surface area contributed by atoms with Gasteiger partial charge in [0.25, 0.3) is 11.8 Å². The fourth-order valence-electron chi connectivity index (χ4n) is 4.01. The van der Waals surface area contributed by atoms with Crippen molar-refractivity contribution in [3.63, 3.8) is 0 Å². The number of carbonyl (C=O) groups excluding carboxylic acids is 2. The van der Waals surface area contributed by atoms with Crippen LogP contribution in [0.5, 0.6) is 0 Å². The first-order valence-corrected chi connectivity index (χ1v) is 13.7. The van der Waals surface area contributed by atoms with Crippen molar-refractivity contribution in [3.8, 4) is 0 Å². The molecule has 2 aliphatic heterocycles. The van der Waals surface area contributed by atoms with Crippen molar-refractivity contribution in [1.82, 2.24) is 19.9 Å². The molecule has 0 saturated carbocycles. The number of nitrogens with two attached hydrogens (primary N) is 2. The van der Waals surface area contributed by atoms with Crippen LogP contribution >= 0.6 is 34.7 Å². The van der Waals surface area contributed by atoms with Gasteiger partial charge in [-0.3, -0.25) is 14.5 Å². The zero-order valence-corrected chi connectivity index (χ0v) is 23.1. The molecule has 4 rings (SSSR count). The number of hydrogen-bond acceptors (Lipinski definition) is 12. The Morgan fingerprint density at radius 2 is 2.10 bits per heavy atom. The lowest BCUT2D eigenvalue weighted by Crippen LogP contribution is -2.71. The Morgan fingerprint density at radius 3 is 2.70 bits per heavy atom. The van der Waals surface area contributed by atoms with Crippen LogP contribution in [0.1, 0.15) is 12.6 Å². The van der Waals surface area contributed by atoms with Crippen LogP contribution in [-0.4, -0.2) is 89.2 Å². The number of oxime groups is 1. The molecule has 214 valence electrons. The summed E-state index contributed by atoms with van der Waals surface area (Å²) in [4.78, 5) is 59.6. The molecular weight excluding hydrogens is 592 g/mol. The third kappa shape index (κ3) is 5.55. The third-order valence-electron chi connectivity index (χ3n) is 5.92. The number of carbonyl (C=O) groups is 4. The van der Waals surface area contributed by atoms with Crippen molar-refractivity contribution in [2.45, 2.75) is 37.5 Å². The molecule has 3 atom stereocenters. The number of anilines is 2. The van der Waals surface area contributed by atoms with Gasteiger partial charge in [-0.05, 0) is 6.92 Å². The summed E-state index contributed by atoms with van der Waals surface area (Å²) in [5.41, 5.74) is 11.1. The number of aliphatic carboxylic acids is 2. The molecular formula is C21H24ClN8O8S2+. The minimum absolute atomic E-state index is 0.00837. The number of thioether (sulfide) groups is 1. The van der Waals surface area contributed by atoms with Gasteiger partial charge in [0.2, 0.25) is 6.10 Å². The molecule has 1 fully saturated rings. The molecule has 4 heterocycles. The normalized spacial score (nSPS) is 19.6. The Balaban J connectivity index is 1.57. The van der Waals surface area contributed by atoms with Gasteiger partial charge in [0, 0.05) is 11.3 Å². The van der Waals surface area contributed by atoms with Crippen LogP contribution in [0.3, 0.4) is 0 Å². The molecule has 2 aliphatic rings. The van der Waals surface area contributed by atoms with Gasteiger partial charge < -0.3 is 36.9 Å². The van der Waals surface area contributed by atoms with Gasteiger partial charge in [-0.1, -0.05) is 28.1 Å². The molecule has 8 N–H and O–H groups in total. The number of fused-ring (bicyclic) bond motifs is 1. The predicted octanol–water partition coefficient (Wildman–Crippen LogP) is -1.33. The number of rotatable bonds is 11. The highest BCUT2D eigenvalue weighted by Crippen LogP contribution is 2.40. The van der Waals surface area contributed by atoms with E-state index in [4.69, 9.17) is 33.0 Å². The second kappa shape index (κ2) is 11.7. The molecule has 0 radical (unpaired) electrons. The molecule has 2 aromatic rings. The molecule has 2 amide bonds. The van der Waals surface area contributed by atoms with E-state index in [9.17, 15) is 29.4 Å². The summed E-state index contributed by atoms with van der Waals surface area (Å²) >= 11 is 8.20. The van der Waals surface area contributed by atoms with Gasteiger partial charge in [-0.25, -0.2) is 14.6 Å². The highest BCUT2D eigenvalue weighted by molar-refractivity contribution is 8.00. The van der Waals surface area contributed by atoms with Crippen LogP contribution in [0.2, 0.25) is 4.34 Å². The van der Waals surface area contributed by atoms with E-state index in [0.29, 0.717) is 11.4 Å². The predicted molar refractivity (Wildman–Crippen MR) is 142 cm³/mol. The number of amides is 2. The van der Waals surface area contributed by atoms with Crippen LogP contribution in [-0.2, 0) is 37.1 Å². The lowest BCUT2D eigenvalue weighted by atomic mass is 10.0. The number of β-lactam (4-membered cyclic amide) rings is 1. The molecule has 0 spiro atoms. The quantitative estimate of drug-likeness (QED) is 0.0746. The number of aliphatic hydroxyl groups is 1. The van der Waals surface area contributed by atoms with E-state index >= 15 is 0 Å². The first kappa shape index (κ1) is 29.1.